The first-order valence-corrected chi connectivity index (χ1v) is 5.95. The van der Waals surface area contributed by atoms with Gasteiger partial charge >= 0.3 is 0 Å². The number of unbranched alkanes of at least 4 members (excludes halogenated alkanes) is 1. The van der Waals surface area contributed by atoms with Crippen LogP contribution >= 0.6 is 0 Å². The normalized spacial score (nSPS) is 21.8. The van der Waals surface area contributed by atoms with Crippen molar-refractivity contribution in [2.24, 2.45) is 0 Å². The fourth-order valence-electron chi connectivity index (χ4n) is 1.97. The van der Waals surface area contributed by atoms with Crippen molar-refractivity contribution in [2.45, 2.75) is 45.4 Å². The molecule has 6 nitrogen and oxygen atoms in total. The van der Waals surface area contributed by atoms with E-state index in [1.807, 2.05) is 4.68 Å². The van der Waals surface area contributed by atoms with Gasteiger partial charge in [0.15, 0.2) is 5.82 Å². The maximum absolute atomic E-state index is 9.44. The van der Waals surface area contributed by atoms with Gasteiger partial charge in [-0.15, -0.1) is 5.10 Å². The first-order chi connectivity index (χ1) is 7.79. The van der Waals surface area contributed by atoms with E-state index in [0.29, 0.717) is 0 Å². The zero-order chi connectivity index (χ0) is 11.4. The topological polar surface area (TPSA) is 67.1 Å². The Morgan fingerprint density at radius 2 is 2.38 bits per heavy atom. The van der Waals surface area contributed by atoms with E-state index in [2.05, 4.69) is 27.3 Å². The largest absolute Gasteiger partial charge is 0.392 e. The minimum Gasteiger partial charge on any atom is -0.392 e. The Kier molecular flexibility index (Phi) is 3.84. The lowest BCUT2D eigenvalue weighted by atomic mass is 10.3. The Morgan fingerprint density at radius 3 is 3.06 bits per heavy atom. The van der Waals surface area contributed by atoms with Gasteiger partial charge in [-0.2, -0.15) is 0 Å². The van der Waals surface area contributed by atoms with Crippen LogP contribution in [0.3, 0.4) is 0 Å². The van der Waals surface area contributed by atoms with E-state index in [1.54, 1.807) is 0 Å². The highest BCUT2D eigenvalue weighted by Crippen LogP contribution is 2.11. The monoisotopic (exact) mass is 225 g/mol. The van der Waals surface area contributed by atoms with Crippen molar-refractivity contribution in [3.8, 4) is 0 Å². The molecule has 1 aromatic rings. The number of hydrogen-bond donors (Lipinski definition) is 1. The number of aryl methyl sites for hydroxylation is 1. The van der Waals surface area contributed by atoms with Crippen molar-refractivity contribution in [3.05, 3.63) is 5.82 Å². The Bertz CT molecular complexity index is 327. The van der Waals surface area contributed by atoms with E-state index in [-0.39, 0.29) is 6.10 Å². The molecule has 0 radical (unpaired) electrons. The molecule has 0 saturated carbocycles. The molecular weight excluding hydrogens is 206 g/mol. The Hall–Kier alpha value is -1.01. The van der Waals surface area contributed by atoms with Gasteiger partial charge in [0.2, 0.25) is 0 Å². The van der Waals surface area contributed by atoms with Gasteiger partial charge in [0.05, 0.1) is 12.6 Å². The SMILES string of the molecule is CCCCn1nnnc1CN1CC[C@@H](O)C1. The van der Waals surface area contributed by atoms with Gasteiger partial charge < -0.3 is 5.11 Å². The van der Waals surface area contributed by atoms with Gasteiger partial charge in [0.25, 0.3) is 0 Å². The van der Waals surface area contributed by atoms with Crippen LogP contribution in [-0.4, -0.2) is 49.4 Å². The van der Waals surface area contributed by atoms with Crippen LogP contribution in [0, 0.1) is 0 Å². The third kappa shape index (κ3) is 2.76. The number of tetrazole rings is 1. The van der Waals surface area contributed by atoms with Crippen LogP contribution in [0.25, 0.3) is 0 Å². The minimum absolute atomic E-state index is 0.181. The van der Waals surface area contributed by atoms with Crippen LogP contribution in [0.15, 0.2) is 0 Å². The molecular formula is C10H19N5O. The van der Waals surface area contributed by atoms with Gasteiger partial charge in [-0.3, -0.25) is 4.90 Å². The van der Waals surface area contributed by atoms with Crippen LogP contribution < -0.4 is 0 Å². The van der Waals surface area contributed by atoms with Gasteiger partial charge in [-0.25, -0.2) is 4.68 Å². The standard InChI is InChI=1S/C10H19N5O/c1-2-3-5-15-10(11-12-13-15)8-14-6-4-9(16)7-14/h9,16H,2-8H2,1H3/t9-/m1/s1. The summed E-state index contributed by atoms with van der Waals surface area (Å²) in [5.74, 6) is 0.905. The maximum Gasteiger partial charge on any atom is 0.165 e. The zero-order valence-corrected chi connectivity index (χ0v) is 9.71. The highest BCUT2D eigenvalue weighted by atomic mass is 16.3. The van der Waals surface area contributed by atoms with Gasteiger partial charge in [0, 0.05) is 19.6 Å². The van der Waals surface area contributed by atoms with E-state index < -0.39 is 0 Å². The second-order valence-electron chi connectivity index (χ2n) is 4.35. The van der Waals surface area contributed by atoms with Crippen LogP contribution in [0.5, 0.6) is 0 Å². The molecule has 2 rings (SSSR count). The van der Waals surface area contributed by atoms with Crippen molar-refractivity contribution < 1.29 is 5.11 Å². The number of aliphatic hydroxyl groups is 1. The smallest absolute Gasteiger partial charge is 0.165 e. The molecule has 0 amide bonds. The Balaban J connectivity index is 1.90. The predicted molar refractivity (Wildman–Crippen MR) is 58.6 cm³/mol. The number of aromatic nitrogens is 4. The van der Waals surface area contributed by atoms with Crippen LogP contribution in [0.1, 0.15) is 32.0 Å². The third-order valence-electron chi connectivity index (χ3n) is 2.94. The van der Waals surface area contributed by atoms with Crippen molar-refractivity contribution in [1.29, 1.82) is 0 Å². The first-order valence-electron chi connectivity index (χ1n) is 5.95. The molecule has 0 unspecified atom stereocenters. The quantitative estimate of drug-likeness (QED) is 0.766. The molecule has 1 N–H and O–H groups in total. The lowest BCUT2D eigenvalue weighted by Gasteiger charge is -2.13. The maximum atomic E-state index is 9.44. The second kappa shape index (κ2) is 5.36. The summed E-state index contributed by atoms with van der Waals surface area (Å²) in [6.45, 7) is 5.45. The average Bonchev–Trinajstić information content (AvgIpc) is 2.86. The molecule has 16 heavy (non-hydrogen) atoms. The summed E-state index contributed by atoms with van der Waals surface area (Å²) in [6, 6.07) is 0. The molecule has 0 aromatic carbocycles. The molecule has 0 bridgehead atoms. The van der Waals surface area contributed by atoms with E-state index in [4.69, 9.17) is 0 Å². The fourth-order valence-corrected chi connectivity index (χ4v) is 1.97. The van der Waals surface area contributed by atoms with Crippen LogP contribution in [-0.2, 0) is 13.1 Å². The van der Waals surface area contributed by atoms with E-state index in [9.17, 15) is 5.11 Å². The number of nitrogens with zero attached hydrogens (tertiary/aromatic N) is 5. The van der Waals surface area contributed by atoms with Gasteiger partial charge in [-0.05, 0) is 23.3 Å². The third-order valence-corrected chi connectivity index (χ3v) is 2.94. The predicted octanol–water partition coefficient (Wildman–Crippen LogP) is 0.0398. The minimum atomic E-state index is -0.181. The number of aliphatic hydroxyl groups excluding tert-OH is 1. The van der Waals surface area contributed by atoms with E-state index in [1.165, 1.54) is 0 Å². The van der Waals surface area contributed by atoms with E-state index >= 15 is 0 Å². The number of hydrogen-bond acceptors (Lipinski definition) is 5. The van der Waals surface area contributed by atoms with Crippen LogP contribution in [0.4, 0.5) is 0 Å². The molecule has 1 saturated heterocycles. The fraction of sp³-hybridized carbons (Fsp3) is 0.900. The van der Waals surface area contributed by atoms with Crippen molar-refractivity contribution in [1.82, 2.24) is 25.1 Å². The summed E-state index contributed by atoms with van der Waals surface area (Å²) in [4.78, 5) is 2.19. The summed E-state index contributed by atoms with van der Waals surface area (Å²) in [5, 5.41) is 21.2. The molecule has 90 valence electrons. The number of likely N-dealkylation sites (tertiary alicyclic amines) is 1. The van der Waals surface area contributed by atoms with Gasteiger partial charge in [0.1, 0.15) is 0 Å². The molecule has 1 aliphatic rings. The Labute approximate surface area is 95.2 Å². The summed E-state index contributed by atoms with van der Waals surface area (Å²) in [7, 11) is 0. The lowest BCUT2D eigenvalue weighted by molar-refractivity contribution is 0.173. The molecule has 1 atom stereocenters. The first kappa shape index (κ1) is 11.5. The molecule has 1 fully saturated rings. The number of rotatable bonds is 5. The zero-order valence-electron chi connectivity index (χ0n) is 9.71. The lowest BCUT2D eigenvalue weighted by Crippen LogP contribution is -2.24. The van der Waals surface area contributed by atoms with Crippen LogP contribution in [0.2, 0.25) is 0 Å². The average molecular weight is 225 g/mol. The van der Waals surface area contributed by atoms with Crippen molar-refractivity contribution >= 4 is 0 Å². The van der Waals surface area contributed by atoms with Gasteiger partial charge in [-0.1, -0.05) is 13.3 Å². The van der Waals surface area contributed by atoms with Crippen molar-refractivity contribution in [2.75, 3.05) is 13.1 Å². The number of β-amino-alcohol motifs (C(OH)–C–C–N with tert-alkyl or cyclic N) is 1. The molecule has 0 aliphatic carbocycles. The molecule has 0 spiro atoms. The summed E-state index contributed by atoms with van der Waals surface area (Å²) >= 11 is 0. The highest BCUT2D eigenvalue weighted by molar-refractivity contribution is 4.84. The van der Waals surface area contributed by atoms with Crippen molar-refractivity contribution in [3.63, 3.8) is 0 Å². The summed E-state index contributed by atoms with van der Waals surface area (Å²) < 4.78 is 1.87. The second-order valence-corrected chi connectivity index (χ2v) is 4.35. The Morgan fingerprint density at radius 1 is 1.50 bits per heavy atom. The molecule has 2 heterocycles. The highest BCUT2D eigenvalue weighted by Gasteiger charge is 2.21. The molecule has 1 aliphatic heterocycles. The van der Waals surface area contributed by atoms with E-state index in [0.717, 1.165) is 51.3 Å². The summed E-state index contributed by atoms with van der Waals surface area (Å²) in [6.07, 6.45) is 2.92. The molecule has 6 heteroatoms. The summed E-state index contributed by atoms with van der Waals surface area (Å²) in [5.41, 5.74) is 0. The molecule has 1 aromatic heterocycles.